The molecule has 0 spiro atoms. The molecule has 96 heavy (non-hydrogen) atoms. The van der Waals surface area contributed by atoms with Crippen LogP contribution in [0.1, 0.15) is 0 Å². The quantitative estimate of drug-likeness (QED) is 0.0511. The van der Waals surface area contributed by atoms with E-state index >= 15 is 0 Å². The maximum absolute atomic E-state index is 10.4. The molecule has 456 valence electrons. The summed E-state index contributed by atoms with van der Waals surface area (Å²) < 4.78 is 0. The molecule has 0 rings (SSSR count). The van der Waals surface area contributed by atoms with E-state index in [1.165, 1.54) is 0 Å². The van der Waals surface area contributed by atoms with Crippen LogP contribution in [0.25, 0.3) is 0 Å². The van der Waals surface area contributed by atoms with E-state index in [1.807, 2.05) is 0 Å². The maximum atomic E-state index is 10.4. The minimum atomic E-state index is -1.53. The van der Waals surface area contributed by atoms with E-state index in [9.17, 15) is 158 Å². The van der Waals surface area contributed by atoms with E-state index in [2.05, 4.69) is 0 Å². The van der Waals surface area contributed by atoms with Crippen molar-refractivity contribution in [1.82, 2.24) is 39.2 Å². The number of carboxylic acids is 16. The van der Waals surface area contributed by atoms with Crippen molar-refractivity contribution in [3.63, 3.8) is 0 Å². The van der Waals surface area contributed by atoms with Crippen LogP contribution in [-0.4, -0.2) is 292 Å². The zero-order chi connectivity index (χ0) is 62.8. The molecule has 0 amide bonds. The SMILES string of the molecule is O=C([O-])CN(CCN(CC(=O)[O-])CC(=O)[O-])CC(=O)[O-].O=C([O-])CN(CCN(CC(=O)[O-])CC(=O)[O-])CC(=O)[O-].O=C([O-])CN(CCN(CC(=O)[O-])CC(=O)[O-])CC(=O)[O-].O=C([O-])CN(CCN(CC(=O)[O-])CC(=O)[O-])CC(=O)[O-].[Na+].[Na+].[Na+].[Na+].[Na+].[Na+].[Na+].[Na+].[Na+].[Na+].[Na+].[Na+].[Na+].[Na+].[Na+].[Na+]. The van der Waals surface area contributed by atoms with Crippen molar-refractivity contribution in [3.05, 3.63) is 0 Å². The molecule has 0 heterocycles. The van der Waals surface area contributed by atoms with Crippen LogP contribution >= 0.6 is 0 Å². The second-order valence-electron chi connectivity index (χ2n) is 15.6. The third kappa shape index (κ3) is 122. The molecule has 0 aliphatic heterocycles. The topological polar surface area (TPSA) is 668 Å². The normalized spacial score (nSPS) is 8.92. The first-order chi connectivity index (χ1) is 36.8. The van der Waals surface area contributed by atoms with Gasteiger partial charge < -0.3 is 158 Å². The molecule has 0 saturated heterocycles. The van der Waals surface area contributed by atoms with E-state index in [0.29, 0.717) is 0 Å². The van der Waals surface area contributed by atoms with Gasteiger partial charge >= 0.3 is 473 Å². The van der Waals surface area contributed by atoms with Crippen LogP contribution in [0.15, 0.2) is 0 Å². The van der Waals surface area contributed by atoms with Crippen LogP contribution < -0.4 is 555 Å². The van der Waals surface area contributed by atoms with Crippen LogP contribution in [0.4, 0.5) is 0 Å². The Morgan fingerprint density at radius 3 is 0.198 bits per heavy atom. The molecule has 0 aliphatic rings. The third-order valence-corrected chi connectivity index (χ3v) is 8.57. The van der Waals surface area contributed by atoms with Crippen molar-refractivity contribution in [3.8, 4) is 0 Å². The summed E-state index contributed by atoms with van der Waals surface area (Å²) in [6.45, 7) is -13.0. The molecular weight excluding hydrogens is 1470 g/mol. The Morgan fingerprint density at radius 2 is 0.167 bits per heavy atom. The molecule has 0 unspecified atom stereocenters. The number of hydrogen-bond donors (Lipinski definition) is 0. The van der Waals surface area contributed by atoms with Crippen molar-refractivity contribution in [2.24, 2.45) is 0 Å². The Balaban J connectivity index is -0.0000000422. The van der Waals surface area contributed by atoms with E-state index in [1.54, 1.807) is 0 Å². The summed E-state index contributed by atoms with van der Waals surface area (Å²) in [4.78, 5) is 174. The van der Waals surface area contributed by atoms with Crippen LogP contribution in [0, 0.1) is 0 Å². The number of rotatable bonds is 44. The molecule has 0 radical (unpaired) electrons. The van der Waals surface area contributed by atoms with Crippen molar-refractivity contribution < 1.29 is 631 Å². The fourth-order valence-corrected chi connectivity index (χ4v) is 5.76. The summed E-state index contributed by atoms with van der Waals surface area (Å²) in [5, 5.41) is 166. The average molecular weight is 1520 g/mol. The molecule has 0 aliphatic carbocycles. The van der Waals surface area contributed by atoms with Gasteiger partial charge in [0.1, 0.15) is 0 Å². The van der Waals surface area contributed by atoms with Gasteiger partial charge in [-0.05, 0) is 0 Å². The summed E-state index contributed by atoms with van der Waals surface area (Å²) >= 11 is 0. The van der Waals surface area contributed by atoms with Gasteiger partial charge in [-0.2, -0.15) is 0 Å². The van der Waals surface area contributed by atoms with Crippen molar-refractivity contribution in [2.75, 3.05) is 157 Å². The number of aliphatic carboxylic acids is 16. The third-order valence-electron chi connectivity index (χ3n) is 8.57. The molecule has 0 aromatic heterocycles. The maximum Gasteiger partial charge on any atom is 1.00 e. The monoisotopic (exact) mass is 1520 g/mol. The fourth-order valence-electron chi connectivity index (χ4n) is 5.76. The van der Waals surface area contributed by atoms with Crippen LogP contribution in [0.3, 0.4) is 0 Å². The van der Waals surface area contributed by atoms with E-state index < -0.39 is 200 Å². The summed E-state index contributed by atoms with van der Waals surface area (Å²) in [5.74, 6) is -24.5. The minimum absolute atomic E-state index is 0. The smallest absolute Gasteiger partial charge is 0.549 e. The molecule has 0 atom stereocenters. The minimum Gasteiger partial charge on any atom is -0.549 e. The largest absolute Gasteiger partial charge is 1.00 e. The zero-order valence-electron chi connectivity index (χ0n) is 57.6. The molecule has 0 aromatic carbocycles. The number of nitrogens with zero attached hydrogens (tertiary/aromatic N) is 8. The van der Waals surface area contributed by atoms with Gasteiger partial charge in [0.2, 0.25) is 0 Å². The molecule has 40 nitrogen and oxygen atoms in total. The van der Waals surface area contributed by atoms with E-state index in [4.69, 9.17) is 0 Å². The average Bonchev–Trinajstić information content (AvgIpc) is 3.23. The molecule has 0 saturated carbocycles. The fraction of sp³-hybridized carbons (Fsp3) is 0.600. The second kappa shape index (κ2) is 98.3. The molecule has 0 N–H and O–H groups in total. The van der Waals surface area contributed by atoms with Crippen LogP contribution in [-0.2, 0) is 76.7 Å². The van der Waals surface area contributed by atoms with Gasteiger partial charge in [-0.1, -0.05) is 0 Å². The number of hydrogen-bond acceptors (Lipinski definition) is 40. The van der Waals surface area contributed by atoms with Crippen molar-refractivity contribution >= 4 is 95.5 Å². The summed E-state index contributed by atoms with van der Waals surface area (Å²) in [6.07, 6.45) is 0. The first-order valence-electron chi connectivity index (χ1n) is 21.8. The van der Waals surface area contributed by atoms with Crippen molar-refractivity contribution in [1.29, 1.82) is 0 Å². The van der Waals surface area contributed by atoms with Crippen LogP contribution in [0.5, 0.6) is 0 Å². The van der Waals surface area contributed by atoms with Gasteiger partial charge in [-0.25, -0.2) is 0 Å². The van der Waals surface area contributed by atoms with Gasteiger partial charge in [0.25, 0.3) is 0 Å². The predicted molar refractivity (Wildman–Crippen MR) is 212 cm³/mol. The molecule has 0 aromatic rings. The molecule has 56 heteroatoms. The van der Waals surface area contributed by atoms with Gasteiger partial charge in [-0.15, -0.1) is 0 Å². The second-order valence-corrected chi connectivity index (χ2v) is 15.6. The Labute approximate surface area is 904 Å². The van der Waals surface area contributed by atoms with Gasteiger partial charge in [0, 0.05) is 157 Å². The Morgan fingerprint density at radius 1 is 0.125 bits per heavy atom. The summed E-state index contributed by atoms with van der Waals surface area (Å²) in [7, 11) is 0. The Hall–Kier alpha value is 7.20. The molecular formula is C40H48N8Na16O32. The number of carboxylic acid groups (broad SMARTS) is 16. The van der Waals surface area contributed by atoms with E-state index in [0.717, 1.165) is 39.2 Å². The van der Waals surface area contributed by atoms with Gasteiger partial charge in [-0.3, -0.25) is 39.2 Å². The number of carbonyl (C=O) groups excluding carboxylic acids is 16. The molecule has 0 fully saturated rings. The standard InChI is InChI=1S/4C10H16N2O8.16Na/c4*13-7(14)3-11(4-8(15)16)1-2-12(5-9(17)18)6-10(19)20;;;;;;;;;;;;;;;;/h4*1-6H2,(H,13,14)(H,15,16)(H,17,18)(H,19,20);;;;;;;;;;;;;;;;/q;;;;16*+1/p-16. The summed E-state index contributed by atoms with van der Waals surface area (Å²) in [5.41, 5.74) is 0. The van der Waals surface area contributed by atoms with Gasteiger partial charge in [0.15, 0.2) is 0 Å². The summed E-state index contributed by atoms with van der Waals surface area (Å²) in [6, 6.07) is 0. The predicted octanol–water partition coefficient (Wildman–Crippen LogP) is -77.6. The Bertz CT molecular complexity index is 1610. The van der Waals surface area contributed by atoms with Crippen LogP contribution in [0.2, 0.25) is 0 Å². The molecule has 0 bridgehead atoms. The number of carbonyl (C=O) groups is 16. The van der Waals surface area contributed by atoms with Crippen molar-refractivity contribution in [2.45, 2.75) is 0 Å². The van der Waals surface area contributed by atoms with E-state index in [-0.39, 0.29) is 525 Å². The zero-order valence-corrected chi connectivity index (χ0v) is 89.6. The van der Waals surface area contributed by atoms with Gasteiger partial charge in [0.05, 0.1) is 95.5 Å². The Kier molecular flexibility index (Phi) is 159. The first kappa shape index (κ1) is 156. The first-order valence-corrected chi connectivity index (χ1v) is 21.8.